The number of quaternary nitrogens is 3. The van der Waals surface area contributed by atoms with Gasteiger partial charge in [-0.25, -0.2) is 14.4 Å². The third-order valence-corrected chi connectivity index (χ3v) is 6.64. The lowest BCUT2D eigenvalue weighted by molar-refractivity contribution is -0.870. The second-order valence-electron chi connectivity index (χ2n) is 16.2. The van der Waals surface area contributed by atoms with Gasteiger partial charge in [0.1, 0.15) is 39.5 Å². The third kappa shape index (κ3) is 84.2. The van der Waals surface area contributed by atoms with Gasteiger partial charge in [-0.2, -0.15) is 0 Å². The molecule has 0 aliphatic carbocycles. The van der Waals surface area contributed by atoms with Crippen molar-refractivity contribution in [2.24, 2.45) is 17.2 Å². The number of nitrogens with zero attached hydrogens (tertiary/aromatic N) is 4. The maximum Gasteiger partial charge on any atom is 0.330 e. The molecule has 384 valence electrons. The number of hydrogen-bond acceptors (Lipinski definition) is 12. The molecule has 0 aliphatic heterocycles. The number of rotatable bonds is 21. The van der Waals surface area contributed by atoms with Gasteiger partial charge in [0.25, 0.3) is 0 Å². The molecule has 0 radical (unpaired) electrons. The monoisotopic (exact) mass is 990 g/mol. The summed E-state index contributed by atoms with van der Waals surface area (Å²) in [7, 11) is 22.2. The Kier molecular flexibility index (Phi) is 56.1. The predicted octanol–water partition coefficient (Wildman–Crippen LogP) is -4.90. The lowest BCUT2D eigenvalue weighted by atomic mass is 10.1. The number of carboxylic acids is 1. The van der Waals surface area contributed by atoms with Crippen molar-refractivity contribution in [3.63, 3.8) is 0 Å². The van der Waals surface area contributed by atoms with E-state index in [4.69, 9.17) is 14.2 Å². The van der Waals surface area contributed by atoms with Crippen LogP contribution in [0.25, 0.3) is 0 Å². The summed E-state index contributed by atoms with van der Waals surface area (Å²) in [5.74, 6) is -3.56. The molecule has 67 heavy (non-hydrogen) atoms. The molecule has 0 saturated heterocycles. The van der Waals surface area contributed by atoms with Crippen molar-refractivity contribution in [2.75, 3.05) is 124 Å². The molecule has 0 spiro atoms. The topological polar surface area (TPSA) is 252 Å². The highest BCUT2D eigenvalue weighted by atomic mass is 35.5. The minimum atomic E-state index is -1.07. The molecule has 0 unspecified atom stereocenters. The minimum absolute atomic E-state index is 0. The Morgan fingerprint density at radius 3 is 1.01 bits per heavy atom. The quantitative estimate of drug-likeness (QED) is 0.0454. The zero-order valence-electron chi connectivity index (χ0n) is 41.8. The molecule has 1 rings (SSSR count). The zero-order valence-corrected chi connectivity index (χ0v) is 43.3. The summed E-state index contributed by atoms with van der Waals surface area (Å²) in [6, 6.07) is 9.80. The average Bonchev–Trinajstić information content (AvgIpc) is 3.20. The van der Waals surface area contributed by atoms with Crippen LogP contribution in [0, 0.1) is 0 Å². The number of carboxylic acid groups (broad SMARTS) is 1. The van der Waals surface area contributed by atoms with E-state index in [1.807, 2.05) is 113 Å². The molecule has 18 nitrogen and oxygen atoms in total. The number of esters is 3. The maximum atomic E-state index is 10.9. The molecule has 0 heterocycles. The molecule has 1 aromatic rings. The molecule has 0 bridgehead atoms. The van der Waals surface area contributed by atoms with Gasteiger partial charge in [0, 0.05) is 24.8 Å². The highest BCUT2D eigenvalue weighted by Crippen LogP contribution is 2.06. The molecule has 6 N–H and O–H groups in total. The van der Waals surface area contributed by atoms with Crippen molar-refractivity contribution in [1.82, 2.24) is 4.90 Å². The summed E-state index contributed by atoms with van der Waals surface area (Å²) in [5, 5.41) is 10.9. The molecule has 0 saturated carbocycles. The van der Waals surface area contributed by atoms with E-state index >= 15 is 0 Å². The smallest absolute Gasteiger partial charge is 0.330 e. The summed E-state index contributed by atoms with van der Waals surface area (Å²) in [6.07, 6.45) is 9.59. The van der Waals surface area contributed by atoms with Crippen LogP contribution in [0.4, 0.5) is 0 Å². The summed E-state index contributed by atoms with van der Waals surface area (Å²) < 4.78 is 16.8. The van der Waals surface area contributed by atoms with E-state index in [1.54, 1.807) is 6.08 Å². The van der Waals surface area contributed by atoms with E-state index in [0.717, 1.165) is 56.9 Å². The highest BCUT2D eigenvalue weighted by molar-refractivity contribution is 5.86. The van der Waals surface area contributed by atoms with E-state index in [-0.39, 0.29) is 42.7 Å². The van der Waals surface area contributed by atoms with Gasteiger partial charge in [0.05, 0.1) is 69.4 Å². The summed E-state index contributed by atoms with van der Waals surface area (Å²) >= 11 is 0. The number of carbonyl (C=O) groups excluding carboxylic acids is 7. The van der Waals surface area contributed by atoms with Gasteiger partial charge in [0.15, 0.2) is 0 Å². The van der Waals surface area contributed by atoms with Gasteiger partial charge in [-0.05, 0) is 56.3 Å². The Balaban J connectivity index is -0.000000105. The number of likely N-dealkylation sites (N-methyl/N-ethyl adjacent to an activating group) is 3. The normalized spacial score (nSPS) is 9.76. The molecule has 0 aromatic heterocycles. The largest absolute Gasteiger partial charge is 1.00 e. The molecular weight excluding hydrogens is 909 g/mol. The number of amides is 3. The third-order valence-electron chi connectivity index (χ3n) is 6.64. The molecule has 3 amide bonds. The van der Waals surface area contributed by atoms with Crippen molar-refractivity contribution in [2.45, 2.75) is 12.8 Å². The van der Waals surface area contributed by atoms with Crippen LogP contribution < -0.4 is 47.1 Å². The predicted molar refractivity (Wildman–Crippen MR) is 257 cm³/mol. The number of allylic oxidation sites excluding steroid dienone is 1. The fourth-order valence-electron chi connectivity index (χ4n) is 2.92. The minimum Gasteiger partial charge on any atom is -1.00 e. The molecule has 1 aromatic carbocycles. The van der Waals surface area contributed by atoms with E-state index < -0.39 is 23.7 Å². The molecule has 20 heteroatoms. The average molecular weight is 991 g/mol. The van der Waals surface area contributed by atoms with Crippen molar-refractivity contribution in [1.29, 1.82) is 0 Å². The summed E-state index contributed by atoms with van der Waals surface area (Å²) in [5.41, 5.74) is 15.1. The Morgan fingerprint density at radius 2 is 0.821 bits per heavy atom. The molecule has 0 aliphatic rings. The van der Waals surface area contributed by atoms with E-state index in [2.05, 4.69) is 56.7 Å². The number of halogens is 2. The second kappa shape index (κ2) is 48.1. The number of ether oxygens (including phenoxy) is 3. The van der Waals surface area contributed by atoms with Crippen LogP contribution in [0.3, 0.4) is 0 Å². The number of primary amides is 3. The molecule has 0 fully saturated rings. The van der Waals surface area contributed by atoms with Crippen molar-refractivity contribution < 1.29 is 91.1 Å². The molecular formula is C47H81Cl2N7O11. The number of aliphatic carboxylic acids is 1. The van der Waals surface area contributed by atoms with Crippen LogP contribution in [-0.2, 0) is 54.2 Å². The van der Waals surface area contributed by atoms with Gasteiger partial charge in [-0.3, -0.25) is 14.4 Å². The number of nitrogens with two attached hydrogens (primary N) is 3. The first-order valence-electron chi connectivity index (χ1n) is 19.9. The van der Waals surface area contributed by atoms with E-state index in [0.29, 0.717) is 44.8 Å². The fourth-order valence-corrected chi connectivity index (χ4v) is 2.92. The standard InChI is InChI=1S/C14H19NO2.3C8H16NO2.3C3H5NO.2ClH/c1-15(2)11-10-13(14(16)17)9-8-12-6-4-3-5-7-12;3*1-5-8(10)11-7-6-9(2,3)4;3*1-2-3(4)5;;/h3-7,9H,8,10-11H2,1-2H3,(H,16,17);3*5H,1,6-7H2,2-4H3;3*2H,1H2,(H2,4,5);2*1H/q;3*+1;;;;;/p-3. The van der Waals surface area contributed by atoms with Crippen LogP contribution in [-0.4, -0.2) is 183 Å². The Bertz CT molecular complexity index is 1510. The van der Waals surface area contributed by atoms with E-state index in [1.165, 1.54) is 18.2 Å². The van der Waals surface area contributed by atoms with E-state index in [9.17, 15) is 38.7 Å². The van der Waals surface area contributed by atoms with Gasteiger partial charge >= 0.3 is 17.9 Å². The Morgan fingerprint density at radius 1 is 0.552 bits per heavy atom. The first-order valence-corrected chi connectivity index (χ1v) is 19.9. The first-order chi connectivity index (χ1) is 29.8. The zero-order chi connectivity index (χ0) is 52.2. The lowest BCUT2D eigenvalue weighted by Crippen LogP contribution is -3.00. The first kappa shape index (κ1) is 78.3. The van der Waals surface area contributed by atoms with Crippen LogP contribution in [0.5, 0.6) is 0 Å². The van der Waals surface area contributed by atoms with Crippen molar-refractivity contribution >= 4 is 41.6 Å². The van der Waals surface area contributed by atoms with Gasteiger partial charge in [0.2, 0.25) is 17.7 Å². The maximum absolute atomic E-state index is 10.9. The fraction of sp³-hybridized carbons (Fsp3) is 0.426. The van der Waals surface area contributed by atoms with Crippen LogP contribution in [0.1, 0.15) is 12.0 Å². The van der Waals surface area contributed by atoms with Gasteiger partial charge in [-0.15, -0.1) is 0 Å². The van der Waals surface area contributed by atoms with Crippen LogP contribution >= 0.6 is 0 Å². The van der Waals surface area contributed by atoms with Gasteiger partial charge in [-0.1, -0.05) is 75.9 Å². The SMILES string of the molecule is C=CC(=O)OCC[N+](C)(C)C.C=CC(=O)OCC[N+](C)(C)C.C=CC(=O)OCC[N+](C)(C)C.C=CC(N)=O.C=CC(N)=O.C=CC(N)=O.CN(C)CCC(=CCc1ccccc1)C(=O)[O-].[Cl-].[Cl-]. The number of benzene rings is 1. The second-order valence-corrected chi connectivity index (χ2v) is 16.2. The van der Waals surface area contributed by atoms with Crippen LogP contribution in [0.2, 0.25) is 0 Å². The Labute approximate surface area is 413 Å². The number of hydrogen-bond donors (Lipinski definition) is 3. The Hall–Kier alpha value is -5.89. The van der Waals surface area contributed by atoms with Crippen LogP contribution in [0.15, 0.2) is 118 Å². The molecule has 0 atom stereocenters. The van der Waals surface area contributed by atoms with Crippen molar-refractivity contribution in [3.8, 4) is 0 Å². The summed E-state index contributed by atoms with van der Waals surface area (Å²) in [4.78, 5) is 73.0. The lowest BCUT2D eigenvalue weighted by Gasteiger charge is -2.23. The number of carbonyl (C=O) groups is 7. The van der Waals surface area contributed by atoms with Gasteiger partial charge < -0.3 is 84.5 Å². The van der Waals surface area contributed by atoms with Crippen molar-refractivity contribution in [3.05, 3.63) is 123 Å². The highest BCUT2D eigenvalue weighted by Gasteiger charge is 2.09. The summed E-state index contributed by atoms with van der Waals surface area (Å²) in [6.45, 7) is 23.7.